The molecule has 2 heterocycles. The van der Waals surface area contributed by atoms with Crippen molar-refractivity contribution in [1.29, 1.82) is 0 Å². The summed E-state index contributed by atoms with van der Waals surface area (Å²) in [5.41, 5.74) is -0.781. The van der Waals surface area contributed by atoms with Crippen LogP contribution in [0.25, 0.3) is 0 Å². The van der Waals surface area contributed by atoms with Crippen LogP contribution >= 0.6 is 11.3 Å². The van der Waals surface area contributed by atoms with E-state index in [9.17, 15) is 23.3 Å². The molecule has 0 aliphatic carbocycles. The summed E-state index contributed by atoms with van der Waals surface area (Å²) < 4.78 is 31.6. The van der Waals surface area contributed by atoms with Gasteiger partial charge in [0.25, 0.3) is 15.9 Å². The largest absolute Gasteiger partial charge is 0.475 e. The minimum Gasteiger partial charge on any atom is -0.475 e. The maximum atomic E-state index is 12.3. The maximum Gasteiger partial charge on any atom is 0.362 e. The number of nitrogens with zero attached hydrogens (tertiary/aromatic N) is 3. The number of anilines is 2. The van der Waals surface area contributed by atoms with Crippen molar-refractivity contribution in [3.63, 3.8) is 0 Å². The summed E-state index contributed by atoms with van der Waals surface area (Å²) in [6, 6.07) is 5.22. The molecule has 0 aliphatic heterocycles. The Morgan fingerprint density at radius 3 is 2.61 bits per heavy atom. The van der Waals surface area contributed by atoms with Gasteiger partial charge in [-0.3, -0.25) is 24.7 Å². The molecular weight excluding hydrogens is 412 g/mol. The number of H-pyrrole nitrogens is 1. The topological polar surface area (TPSA) is 169 Å². The Morgan fingerprint density at radius 2 is 2.04 bits per heavy atom. The highest BCUT2D eigenvalue weighted by molar-refractivity contribution is 7.93. The van der Waals surface area contributed by atoms with E-state index in [0.717, 1.165) is 11.3 Å². The van der Waals surface area contributed by atoms with Gasteiger partial charge in [-0.2, -0.15) is 0 Å². The lowest BCUT2D eigenvalue weighted by Crippen LogP contribution is -2.15. The van der Waals surface area contributed by atoms with E-state index in [4.69, 9.17) is 4.74 Å². The van der Waals surface area contributed by atoms with Gasteiger partial charge in [-0.25, -0.2) is 13.4 Å². The number of carbonyl (C=O) groups is 1. The first-order valence-electron chi connectivity index (χ1n) is 7.42. The molecule has 0 saturated heterocycles. The number of thiazole rings is 1. The lowest BCUT2D eigenvalue weighted by molar-refractivity contribution is -0.386. The molecule has 14 heteroatoms. The standard InChI is InChI=1S/C14H12N6O6S2/c1-26-13-11(20(22)23)10(17-18-13)12(21)16-8-2-4-9(5-3-8)28(24,25)19-14-15-6-7-27-14/h2-7H,1H3,(H,15,19)(H,16,21)(H,17,18). The molecule has 146 valence electrons. The van der Waals surface area contributed by atoms with Gasteiger partial charge in [0.1, 0.15) is 0 Å². The van der Waals surface area contributed by atoms with Crippen LogP contribution in [0.4, 0.5) is 16.5 Å². The Labute approximate surface area is 161 Å². The number of hydrogen-bond acceptors (Lipinski definition) is 9. The third-order valence-electron chi connectivity index (χ3n) is 3.39. The van der Waals surface area contributed by atoms with Crippen molar-refractivity contribution in [2.45, 2.75) is 4.90 Å². The Balaban J connectivity index is 1.77. The number of methoxy groups -OCH3 is 1. The molecule has 1 aromatic carbocycles. The number of carbonyl (C=O) groups excluding carboxylic acids is 1. The minimum absolute atomic E-state index is 0.0464. The second-order valence-electron chi connectivity index (χ2n) is 5.13. The Bertz CT molecular complexity index is 1110. The predicted molar refractivity (Wildman–Crippen MR) is 99.1 cm³/mol. The Hall–Kier alpha value is -3.52. The minimum atomic E-state index is -3.84. The number of aromatic nitrogens is 3. The maximum absolute atomic E-state index is 12.3. The number of sulfonamides is 1. The molecule has 0 atom stereocenters. The van der Waals surface area contributed by atoms with E-state index in [0.29, 0.717) is 0 Å². The van der Waals surface area contributed by atoms with Crippen molar-refractivity contribution in [2.24, 2.45) is 0 Å². The molecule has 0 spiro atoms. The predicted octanol–water partition coefficient (Wildman–Crippen LogP) is 1.84. The van der Waals surface area contributed by atoms with Gasteiger partial charge in [0.15, 0.2) is 5.13 Å². The van der Waals surface area contributed by atoms with Crippen molar-refractivity contribution in [2.75, 3.05) is 17.1 Å². The van der Waals surface area contributed by atoms with Gasteiger partial charge in [-0.05, 0) is 24.3 Å². The number of ether oxygens (including phenoxy) is 1. The Morgan fingerprint density at radius 1 is 1.32 bits per heavy atom. The quantitative estimate of drug-likeness (QED) is 0.381. The first kappa shape index (κ1) is 19.2. The molecule has 0 fully saturated rings. The van der Waals surface area contributed by atoms with Gasteiger partial charge < -0.3 is 10.1 Å². The van der Waals surface area contributed by atoms with Crippen LogP contribution in [0, 0.1) is 10.1 Å². The monoisotopic (exact) mass is 424 g/mol. The van der Waals surface area contributed by atoms with Crippen molar-refractivity contribution < 1.29 is 22.9 Å². The fourth-order valence-electron chi connectivity index (χ4n) is 2.15. The van der Waals surface area contributed by atoms with E-state index in [1.54, 1.807) is 5.38 Å². The normalized spacial score (nSPS) is 11.0. The third-order valence-corrected chi connectivity index (χ3v) is 5.56. The molecule has 12 nitrogen and oxygen atoms in total. The van der Waals surface area contributed by atoms with Crippen LogP contribution in [0.2, 0.25) is 0 Å². The van der Waals surface area contributed by atoms with Gasteiger partial charge in [0, 0.05) is 17.3 Å². The molecule has 1 amide bonds. The molecule has 0 unspecified atom stereocenters. The third kappa shape index (κ3) is 3.91. The number of rotatable bonds is 7. The molecule has 0 bridgehead atoms. The van der Waals surface area contributed by atoms with Crippen molar-refractivity contribution >= 4 is 43.8 Å². The first-order valence-corrected chi connectivity index (χ1v) is 9.78. The highest BCUT2D eigenvalue weighted by Gasteiger charge is 2.30. The van der Waals surface area contributed by atoms with E-state index >= 15 is 0 Å². The smallest absolute Gasteiger partial charge is 0.362 e. The van der Waals surface area contributed by atoms with Crippen molar-refractivity contribution in [3.05, 3.63) is 51.7 Å². The lowest BCUT2D eigenvalue weighted by atomic mass is 10.3. The number of nitro groups is 1. The summed E-state index contributed by atoms with van der Waals surface area (Å²) >= 11 is 1.13. The Kier molecular flexibility index (Phi) is 5.23. The zero-order valence-corrected chi connectivity index (χ0v) is 15.7. The van der Waals surface area contributed by atoms with Crippen LogP contribution in [-0.2, 0) is 10.0 Å². The van der Waals surface area contributed by atoms with Crippen LogP contribution in [0.5, 0.6) is 5.88 Å². The second-order valence-corrected chi connectivity index (χ2v) is 7.71. The highest BCUT2D eigenvalue weighted by Crippen LogP contribution is 2.28. The number of amides is 1. The lowest BCUT2D eigenvalue weighted by Gasteiger charge is -2.07. The van der Waals surface area contributed by atoms with E-state index in [-0.39, 0.29) is 21.6 Å². The van der Waals surface area contributed by atoms with Crippen LogP contribution in [-0.4, -0.2) is 41.5 Å². The van der Waals surface area contributed by atoms with Crippen LogP contribution in [0.15, 0.2) is 40.7 Å². The van der Waals surface area contributed by atoms with Gasteiger partial charge in [0.05, 0.1) is 16.9 Å². The summed E-state index contributed by atoms with van der Waals surface area (Å²) in [4.78, 5) is 26.4. The van der Waals surface area contributed by atoms with Gasteiger partial charge in [0.2, 0.25) is 5.69 Å². The van der Waals surface area contributed by atoms with E-state index in [1.807, 2.05) is 0 Å². The number of nitrogens with one attached hydrogen (secondary N) is 3. The molecule has 3 aromatic rings. The summed E-state index contributed by atoms with van der Waals surface area (Å²) in [5, 5.41) is 21.2. The van der Waals surface area contributed by atoms with Crippen LogP contribution < -0.4 is 14.8 Å². The zero-order chi connectivity index (χ0) is 20.3. The molecule has 0 radical (unpaired) electrons. The number of benzene rings is 1. The second kappa shape index (κ2) is 7.61. The summed E-state index contributed by atoms with van der Waals surface area (Å²) in [6.45, 7) is 0. The number of hydrogen-bond donors (Lipinski definition) is 3. The van der Waals surface area contributed by atoms with E-state index in [1.165, 1.54) is 37.6 Å². The van der Waals surface area contributed by atoms with Crippen molar-refractivity contribution in [1.82, 2.24) is 15.2 Å². The van der Waals surface area contributed by atoms with Crippen LogP contribution in [0.3, 0.4) is 0 Å². The average molecular weight is 424 g/mol. The number of aromatic amines is 1. The van der Waals surface area contributed by atoms with Crippen LogP contribution in [0.1, 0.15) is 10.5 Å². The van der Waals surface area contributed by atoms with E-state index < -0.39 is 32.2 Å². The SMILES string of the molecule is COc1n[nH]c(C(=O)Nc2ccc(S(=O)(=O)Nc3nccs3)cc2)c1[N+](=O)[O-]. The first-order chi connectivity index (χ1) is 13.3. The summed E-state index contributed by atoms with van der Waals surface area (Å²) in [5.74, 6) is -1.16. The fraction of sp³-hybridized carbons (Fsp3) is 0.0714. The molecule has 28 heavy (non-hydrogen) atoms. The van der Waals surface area contributed by atoms with Gasteiger partial charge in [-0.1, -0.05) is 0 Å². The molecule has 3 N–H and O–H groups in total. The van der Waals surface area contributed by atoms with E-state index in [2.05, 4.69) is 25.2 Å². The molecular formula is C14H12N6O6S2. The van der Waals surface area contributed by atoms with Crippen molar-refractivity contribution in [3.8, 4) is 5.88 Å². The fourth-order valence-corrected chi connectivity index (χ4v) is 3.94. The van der Waals surface area contributed by atoms with Gasteiger partial charge >= 0.3 is 11.6 Å². The zero-order valence-electron chi connectivity index (χ0n) is 14.1. The molecule has 0 saturated carbocycles. The summed E-state index contributed by atoms with van der Waals surface area (Å²) in [7, 11) is -2.65. The van der Waals surface area contributed by atoms with Gasteiger partial charge in [-0.15, -0.1) is 16.4 Å². The average Bonchev–Trinajstić information content (AvgIpc) is 3.30. The molecule has 2 aromatic heterocycles. The highest BCUT2D eigenvalue weighted by atomic mass is 32.2. The molecule has 3 rings (SSSR count). The summed E-state index contributed by atoms with van der Waals surface area (Å²) in [6.07, 6.45) is 1.46. The molecule has 0 aliphatic rings.